The molecular formula is C37H46N6O7P+. The largest absolute Gasteiger partial charge is 0.566 e. The number of imidazole rings is 1. The van der Waals surface area contributed by atoms with Crippen LogP contribution in [-0.4, -0.2) is 72.2 Å². The summed E-state index contributed by atoms with van der Waals surface area (Å²) < 4.78 is 43.0. The normalized spacial score (nSPS) is 17.6. The molecule has 0 radical (unpaired) electrons. The van der Waals surface area contributed by atoms with Crippen LogP contribution in [0.15, 0.2) is 91.5 Å². The maximum absolute atomic E-state index is 11.8. The fraction of sp³-hybridized carbons (Fsp3) is 0.378. The Kier molecular flexibility index (Phi) is 13.1. The molecule has 1 aliphatic heterocycles. The van der Waals surface area contributed by atoms with E-state index in [2.05, 4.69) is 35.7 Å². The highest BCUT2D eigenvalue weighted by atomic mass is 31.1. The van der Waals surface area contributed by atoms with E-state index in [0.29, 0.717) is 22.7 Å². The number of anilines is 1. The molecular weight excluding hydrogens is 671 g/mol. The quantitative estimate of drug-likeness (QED) is 0.126. The Hall–Kier alpha value is -4.49. The molecule has 270 valence electrons. The van der Waals surface area contributed by atoms with E-state index in [9.17, 15) is 9.46 Å². The van der Waals surface area contributed by atoms with Crippen molar-refractivity contribution < 1.29 is 37.8 Å². The minimum absolute atomic E-state index is 0.0267. The molecule has 13 nitrogen and oxygen atoms in total. The van der Waals surface area contributed by atoms with Gasteiger partial charge in [0, 0.05) is 6.42 Å². The molecule has 14 heteroatoms. The Labute approximate surface area is 299 Å². The summed E-state index contributed by atoms with van der Waals surface area (Å²) >= 11 is 0. The Morgan fingerprint density at radius 2 is 1.45 bits per heavy atom. The maximum atomic E-state index is 11.8. The molecule has 1 saturated heterocycles. The Morgan fingerprint density at radius 3 is 1.96 bits per heavy atom. The van der Waals surface area contributed by atoms with Gasteiger partial charge >= 0.3 is 8.25 Å². The van der Waals surface area contributed by atoms with Gasteiger partial charge in [0.25, 0.3) is 0 Å². The highest BCUT2D eigenvalue weighted by molar-refractivity contribution is 7.30. The summed E-state index contributed by atoms with van der Waals surface area (Å²) in [4.78, 5) is 26.1. The van der Waals surface area contributed by atoms with E-state index in [0.717, 1.165) is 16.7 Å². The van der Waals surface area contributed by atoms with E-state index in [1.54, 1.807) is 30.0 Å². The van der Waals surface area contributed by atoms with Crippen molar-refractivity contribution in [2.45, 2.75) is 51.2 Å². The molecule has 3 N–H and O–H groups in total. The van der Waals surface area contributed by atoms with E-state index in [-0.39, 0.29) is 18.8 Å². The molecule has 0 spiro atoms. The first-order valence-electron chi connectivity index (χ1n) is 17.0. The first-order chi connectivity index (χ1) is 24.8. The zero-order valence-corrected chi connectivity index (χ0v) is 30.5. The molecule has 51 heavy (non-hydrogen) atoms. The van der Waals surface area contributed by atoms with Gasteiger partial charge in [0.05, 0.1) is 46.8 Å². The van der Waals surface area contributed by atoms with E-state index < -0.39 is 32.3 Å². The lowest BCUT2D eigenvalue weighted by atomic mass is 9.80. The van der Waals surface area contributed by atoms with Gasteiger partial charge in [-0.1, -0.05) is 54.6 Å². The standard InChI is InChI=1S/C31H30N5O7P.C6H15N/c1-39-23-12-8-21(9-13-23)31(20-6-4-3-5-7-20,22-10-14-24(40-2)15-11-22)41-17-26-25(43-44(37)38)16-27(42-26)36-19-35-28-29(32)33-18-34-30(28)36;1-4-7(5-2)6-3/h3-15,18-19,25-27H,16-17H2,1-2H3,(H2,32,33,34);4-6H2,1-3H3/p+1/t25-,26+,27+;/m0./s1. The van der Waals surface area contributed by atoms with Gasteiger partial charge in [0.15, 0.2) is 11.5 Å². The predicted molar refractivity (Wildman–Crippen MR) is 192 cm³/mol. The molecule has 1 aliphatic rings. The average Bonchev–Trinajstić information content (AvgIpc) is 3.78. The fourth-order valence-corrected chi connectivity index (χ4v) is 6.80. The van der Waals surface area contributed by atoms with Crippen molar-refractivity contribution in [1.82, 2.24) is 19.5 Å². The number of benzene rings is 3. The number of nitrogens with two attached hydrogens (primary N) is 1. The van der Waals surface area contributed by atoms with Crippen LogP contribution in [0, 0.1) is 0 Å². The number of quaternary nitrogens is 1. The van der Waals surface area contributed by atoms with Crippen molar-refractivity contribution in [3.63, 3.8) is 0 Å². The molecule has 1 fully saturated rings. The maximum Gasteiger partial charge on any atom is 0.488 e. The summed E-state index contributed by atoms with van der Waals surface area (Å²) in [6.45, 7) is 10.5. The second kappa shape index (κ2) is 17.6. The molecule has 6 rings (SSSR count). The number of fused-ring (bicyclic) bond motifs is 1. The van der Waals surface area contributed by atoms with Gasteiger partial charge in [-0.25, -0.2) is 15.0 Å². The monoisotopic (exact) mass is 717 g/mol. The molecule has 0 bridgehead atoms. The van der Waals surface area contributed by atoms with Crippen molar-refractivity contribution in [2.75, 3.05) is 46.2 Å². The third kappa shape index (κ3) is 8.53. The van der Waals surface area contributed by atoms with Crippen molar-refractivity contribution >= 4 is 25.2 Å². The molecule has 2 aromatic heterocycles. The number of rotatable bonds is 14. The predicted octanol–water partition coefficient (Wildman–Crippen LogP) is 4.06. The average molecular weight is 718 g/mol. The summed E-state index contributed by atoms with van der Waals surface area (Å²) in [5, 5.41) is 0. The molecule has 0 aliphatic carbocycles. The summed E-state index contributed by atoms with van der Waals surface area (Å²) in [5.74, 6) is 1.61. The van der Waals surface area contributed by atoms with Gasteiger partial charge < -0.3 is 34.5 Å². The summed E-state index contributed by atoms with van der Waals surface area (Å²) in [5.41, 5.74) is 8.23. The molecule has 3 aromatic carbocycles. The minimum Gasteiger partial charge on any atom is -0.566 e. The third-order valence-corrected chi connectivity index (χ3v) is 9.68. The number of nitrogen functional groups attached to an aromatic ring is 1. The number of nitrogens with zero attached hydrogens (tertiary/aromatic N) is 4. The minimum atomic E-state index is -3.17. The van der Waals surface area contributed by atoms with Crippen LogP contribution in [0.3, 0.4) is 0 Å². The number of aromatic nitrogens is 4. The van der Waals surface area contributed by atoms with E-state index >= 15 is 0 Å². The van der Waals surface area contributed by atoms with Gasteiger partial charge in [0.1, 0.15) is 47.4 Å². The lowest BCUT2D eigenvalue weighted by molar-refractivity contribution is -0.894. The van der Waals surface area contributed by atoms with Crippen LogP contribution < -0.4 is 25.0 Å². The summed E-state index contributed by atoms with van der Waals surface area (Å²) in [7, 11) is 0.0486. The van der Waals surface area contributed by atoms with Crippen LogP contribution in [0.1, 0.15) is 50.1 Å². The lowest BCUT2D eigenvalue weighted by Crippen LogP contribution is -3.11. The second-order valence-electron chi connectivity index (χ2n) is 11.9. The molecule has 3 heterocycles. The Morgan fingerprint density at radius 1 is 0.882 bits per heavy atom. The van der Waals surface area contributed by atoms with E-state index in [1.807, 2.05) is 78.9 Å². The topological polar surface area (TPSA) is 160 Å². The molecule has 0 saturated carbocycles. The highest BCUT2D eigenvalue weighted by Crippen LogP contribution is 2.43. The van der Waals surface area contributed by atoms with Crippen molar-refractivity contribution in [1.29, 1.82) is 0 Å². The zero-order chi connectivity index (χ0) is 36.4. The van der Waals surface area contributed by atoms with Crippen molar-refractivity contribution in [3.8, 4) is 11.5 Å². The summed E-state index contributed by atoms with van der Waals surface area (Å²) in [6, 6.07) is 25.0. The van der Waals surface area contributed by atoms with Gasteiger partial charge in [-0.3, -0.25) is 4.57 Å². The fourth-order valence-electron chi connectivity index (χ4n) is 6.35. The molecule has 1 unspecified atom stereocenters. The number of nitrogens with one attached hydrogen (secondary N) is 1. The van der Waals surface area contributed by atoms with Gasteiger partial charge in [-0.15, -0.1) is 4.52 Å². The first-order valence-corrected chi connectivity index (χ1v) is 18.1. The number of ether oxygens (including phenoxy) is 4. The van der Waals surface area contributed by atoms with Crippen LogP contribution in [0.25, 0.3) is 11.2 Å². The zero-order valence-electron chi connectivity index (χ0n) is 29.6. The van der Waals surface area contributed by atoms with Crippen LogP contribution in [0.2, 0.25) is 0 Å². The SMILES string of the molecule is CC[NH+](CC)CC.COc1ccc(C(OC[C@H]2O[C@@H](n3cnc4c(N)ncnc43)C[C@@H]2O[P+](=O)[O-])(c2ccccc2)c2ccc(OC)cc2)cc1. The second-order valence-corrected chi connectivity index (χ2v) is 12.6. The van der Waals surface area contributed by atoms with Gasteiger partial charge in [-0.05, 0) is 66.3 Å². The Balaban J connectivity index is 0.000000654. The van der Waals surface area contributed by atoms with Crippen LogP contribution in [-0.2, 0) is 24.2 Å². The van der Waals surface area contributed by atoms with Crippen molar-refractivity contribution in [2.24, 2.45) is 0 Å². The number of hydrogen-bond donors (Lipinski definition) is 2. The third-order valence-electron chi connectivity index (χ3n) is 9.24. The first kappa shape index (κ1) is 37.8. The Bertz CT molecular complexity index is 1790. The van der Waals surface area contributed by atoms with E-state index in [1.165, 1.54) is 26.0 Å². The van der Waals surface area contributed by atoms with Gasteiger partial charge in [0.2, 0.25) is 0 Å². The summed E-state index contributed by atoms with van der Waals surface area (Å²) in [6.07, 6.45) is 0.834. The molecule has 4 atom stereocenters. The lowest BCUT2D eigenvalue weighted by Gasteiger charge is -2.37. The van der Waals surface area contributed by atoms with Crippen LogP contribution >= 0.6 is 8.25 Å². The van der Waals surface area contributed by atoms with E-state index in [4.69, 9.17) is 29.2 Å². The molecule has 5 aromatic rings. The van der Waals surface area contributed by atoms with Crippen molar-refractivity contribution in [3.05, 3.63) is 108 Å². The van der Waals surface area contributed by atoms with Gasteiger partial charge in [-0.2, -0.15) is 0 Å². The number of methoxy groups -OCH3 is 2. The van der Waals surface area contributed by atoms with Crippen LogP contribution in [0.5, 0.6) is 11.5 Å². The van der Waals surface area contributed by atoms with Crippen LogP contribution in [0.4, 0.5) is 5.82 Å². The smallest absolute Gasteiger partial charge is 0.488 e. The molecule has 0 amide bonds. The number of hydrogen-bond acceptors (Lipinski definition) is 11. The highest BCUT2D eigenvalue weighted by Gasteiger charge is 2.45.